The Morgan fingerprint density at radius 2 is 1.95 bits per heavy atom. The van der Waals surface area contributed by atoms with Gasteiger partial charge in [0.2, 0.25) is 0 Å². The van der Waals surface area contributed by atoms with Crippen LogP contribution in [0.25, 0.3) is 0 Å². The average molecular weight is 291 g/mol. The maximum Gasteiger partial charge on any atom is 0.416 e. The van der Waals surface area contributed by atoms with Gasteiger partial charge < -0.3 is 15.2 Å². The van der Waals surface area contributed by atoms with Crippen LogP contribution in [0.2, 0.25) is 0 Å². The summed E-state index contributed by atoms with van der Waals surface area (Å²) in [6.07, 6.45) is -4.58. The van der Waals surface area contributed by atoms with Gasteiger partial charge in [0, 0.05) is 12.8 Å². The molecule has 0 heterocycles. The Bertz CT molecular complexity index is 498. The molecule has 1 rings (SSSR count). The van der Waals surface area contributed by atoms with Crippen molar-refractivity contribution in [1.82, 2.24) is 0 Å². The van der Waals surface area contributed by atoms with E-state index < -0.39 is 28.8 Å². The number of carboxylic acids is 1. The number of methoxy groups -OCH3 is 1. The van der Waals surface area contributed by atoms with E-state index in [9.17, 15) is 18.0 Å². The van der Waals surface area contributed by atoms with E-state index in [4.69, 9.17) is 9.84 Å². The number of benzene rings is 1. The number of ether oxygens (including phenoxy) is 1. The van der Waals surface area contributed by atoms with E-state index in [-0.39, 0.29) is 12.3 Å². The molecule has 0 unspecified atom stereocenters. The van der Waals surface area contributed by atoms with Gasteiger partial charge in [-0.25, -0.2) is 4.79 Å². The predicted octanol–water partition coefficient (Wildman–Crippen LogP) is 3.24. The molecular weight excluding hydrogens is 275 g/mol. The second-order valence-corrected chi connectivity index (χ2v) is 5.01. The molecule has 0 aromatic heterocycles. The van der Waals surface area contributed by atoms with Gasteiger partial charge in [-0.1, -0.05) is 0 Å². The van der Waals surface area contributed by atoms with E-state index in [0.29, 0.717) is 6.07 Å². The molecule has 0 saturated carbocycles. The van der Waals surface area contributed by atoms with Crippen LogP contribution in [0.15, 0.2) is 18.2 Å². The zero-order valence-corrected chi connectivity index (χ0v) is 11.3. The van der Waals surface area contributed by atoms with Crippen molar-refractivity contribution in [1.29, 1.82) is 0 Å². The predicted molar refractivity (Wildman–Crippen MR) is 68.0 cm³/mol. The molecule has 0 spiro atoms. The van der Waals surface area contributed by atoms with Crippen molar-refractivity contribution in [2.24, 2.45) is 0 Å². The van der Waals surface area contributed by atoms with Crippen LogP contribution < -0.4 is 5.32 Å². The van der Waals surface area contributed by atoms with Gasteiger partial charge in [0.05, 0.1) is 23.3 Å². The normalized spacial score (nSPS) is 12.3. The van der Waals surface area contributed by atoms with Crippen LogP contribution in [-0.2, 0) is 10.9 Å². The molecule has 0 aliphatic heterocycles. The number of carboxylic acid groups (broad SMARTS) is 1. The fraction of sp³-hybridized carbons (Fsp3) is 0.462. The average Bonchev–Trinajstić information content (AvgIpc) is 2.26. The molecule has 0 aliphatic carbocycles. The molecule has 20 heavy (non-hydrogen) atoms. The molecular formula is C13H16F3NO3. The van der Waals surface area contributed by atoms with E-state index in [2.05, 4.69) is 5.32 Å². The Morgan fingerprint density at radius 1 is 1.35 bits per heavy atom. The molecule has 1 aromatic rings. The number of hydrogen-bond acceptors (Lipinski definition) is 3. The number of aromatic carboxylic acids is 1. The van der Waals surface area contributed by atoms with Crippen LogP contribution in [0.1, 0.15) is 29.8 Å². The number of rotatable bonds is 5. The smallest absolute Gasteiger partial charge is 0.416 e. The molecule has 0 bridgehead atoms. The third-order valence-corrected chi connectivity index (χ3v) is 2.56. The van der Waals surface area contributed by atoms with Crippen LogP contribution in [0.3, 0.4) is 0 Å². The van der Waals surface area contributed by atoms with Gasteiger partial charge in [0.15, 0.2) is 0 Å². The zero-order valence-electron chi connectivity index (χ0n) is 11.3. The van der Waals surface area contributed by atoms with Crippen molar-refractivity contribution < 1.29 is 27.8 Å². The minimum atomic E-state index is -4.58. The highest BCUT2D eigenvalue weighted by Crippen LogP contribution is 2.32. The first-order valence-corrected chi connectivity index (χ1v) is 5.78. The van der Waals surface area contributed by atoms with Crippen LogP contribution in [-0.4, -0.2) is 30.3 Å². The standard InChI is InChI=1S/C13H16F3NO3/c1-12(2,7-20-3)17-10-5-4-8(13(14,15)16)6-9(10)11(18)19/h4-6,17H,7H2,1-3H3,(H,18,19). The van der Waals surface area contributed by atoms with Crippen LogP contribution >= 0.6 is 0 Å². The highest BCUT2D eigenvalue weighted by Gasteiger charge is 2.32. The number of anilines is 1. The van der Waals surface area contributed by atoms with E-state index in [0.717, 1.165) is 12.1 Å². The summed E-state index contributed by atoms with van der Waals surface area (Å²) >= 11 is 0. The van der Waals surface area contributed by atoms with Crippen molar-refractivity contribution in [2.75, 3.05) is 19.0 Å². The highest BCUT2D eigenvalue weighted by molar-refractivity contribution is 5.94. The molecule has 0 atom stereocenters. The summed E-state index contributed by atoms with van der Waals surface area (Å²) in [5.74, 6) is -1.42. The molecule has 112 valence electrons. The first-order chi connectivity index (χ1) is 9.07. The van der Waals surface area contributed by atoms with Crippen molar-refractivity contribution in [3.05, 3.63) is 29.3 Å². The summed E-state index contributed by atoms with van der Waals surface area (Å²) in [6, 6.07) is 2.58. The van der Waals surface area contributed by atoms with E-state index >= 15 is 0 Å². The van der Waals surface area contributed by atoms with Gasteiger partial charge in [-0.3, -0.25) is 0 Å². The fourth-order valence-corrected chi connectivity index (χ4v) is 1.77. The molecule has 0 fully saturated rings. The van der Waals surface area contributed by atoms with Crippen LogP contribution in [0.4, 0.5) is 18.9 Å². The third-order valence-electron chi connectivity index (χ3n) is 2.56. The summed E-state index contributed by atoms with van der Waals surface area (Å²) in [7, 11) is 1.48. The number of alkyl halides is 3. The lowest BCUT2D eigenvalue weighted by molar-refractivity contribution is -0.137. The van der Waals surface area contributed by atoms with Gasteiger partial charge in [0.1, 0.15) is 0 Å². The van der Waals surface area contributed by atoms with Gasteiger partial charge in [0.25, 0.3) is 0 Å². The molecule has 4 nitrogen and oxygen atoms in total. The molecule has 0 amide bonds. The lowest BCUT2D eigenvalue weighted by Gasteiger charge is -2.27. The summed E-state index contributed by atoms with van der Waals surface area (Å²) in [4.78, 5) is 11.1. The third kappa shape index (κ3) is 4.12. The van der Waals surface area contributed by atoms with Crippen molar-refractivity contribution in [2.45, 2.75) is 25.6 Å². The number of nitrogens with one attached hydrogen (secondary N) is 1. The molecule has 0 aliphatic rings. The summed E-state index contributed by atoms with van der Waals surface area (Å²) < 4.78 is 42.7. The van der Waals surface area contributed by atoms with Crippen molar-refractivity contribution >= 4 is 11.7 Å². The highest BCUT2D eigenvalue weighted by atomic mass is 19.4. The maximum absolute atomic E-state index is 12.6. The first-order valence-electron chi connectivity index (χ1n) is 5.78. The lowest BCUT2D eigenvalue weighted by Crippen LogP contribution is -2.36. The number of hydrogen-bond donors (Lipinski definition) is 2. The van der Waals surface area contributed by atoms with E-state index in [1.165, 1.54) is 7.11 Å². The van der Waals surface area contributed by atoms with Gasteiger partial charge in [-0.2, -0.15) is 13.2 Å². The lowest BCUT2D eigenvalue weighted by atomic mass is 10.0. The fourth-order valence-electron chi connectivity index (χ4n) is 1.77. The summed E-state index contributed by atoms with van der Waals surface area (Å²) in [6.45, 7) is 3.77. The molecule has 0 saturated heterocycles. The second-order valence-electron chi connectivity index (χ2n) is 5.01. The monoisotopic (exact) mass is 291 g/mol. The Kier molecular flexibility index (Phi) is 4.65. The topological polar surface area (TPSA) is 58.6 Å². The van der Waals surface area contributed by atoms with Crippen LogP contribution in [0, 0.1) is 0 Å². The van der Waals surface area contributed by atoms with Crippen LogP contribution in [0.5, 0.6) is 0 Å². The van der Waals surface area contributed by atoms with Crippen molar-refractivity contribution in [3.8, 4) is 0 Å². The largest absolute Gasteiger partial charge is 0.478 e. The molecule has 2 N–H and O–H groups in total. The number of halogens is 3. The molecule has 1 aromatic carbocycles. The maximum atomic E-state index is 12.6. The Hall–Kier alpha value is -1.76. The minimum absolute atomic E-state index is 0.118. The Morgan fingerprint density at radius 3 is 2.40 bits per heavy atom. The van der Waals surface area contributed by atoms with Gasteiger partial charge in [-0.05, 0) is 32.0 Å². The van der Waals surface area contributed by atoms with Gasteiger partial charge >= 0.3 is 12.1 Å². The summed E-state index contributed by atoms with van der Waals surface area (Å²) in [5, 5.41) is 11.9. The minimum Gasteiger partial charge on any atom is -0.478 e. The quantitative estimate of drug-likeness (QED) is 0.874. The van der Waals surface area contributed by atoms with Crippen molar-refractivity contribution in [3.63, 3.8) is 0 Å². The molecule has 7 heteroatoms. The zero-order chi connectivity index (χ0) is 15.6. The summed E-state index contributed by atoms with van der Waals surface area (Å²) in [5.41, 5.74) is -1.92. The molecule has 0 radical (unpaired) electrons. The number of carbonyl (C=O) groups is 1. The van der Waals surface area contributed by atoms with E-state index in [1.807, 2.05) is 0 Å². The Balaban J connectivity index is 3.18. The SMILES string of the molecule is COCC(C)(C)Nc1ccc(C(F)(F)F)cc1C(=O)O. The van der Waals surface area contributed by atoms with Gasteiger partial charge in [-0.15, -0.1) is 0 Å². The second kappa shape index (κ2) is 5.70. The first kappa shape index (κ1) is 16.3. The van der Waals surface area contributed by atoms with E-state index in [1.54, 1.807) is 13.8 Å². The Labute approximate surface area is 114 Å².